The van der Waals surface area contributed by atoms with Crippen LogP contribution in [0.25, 0.3) is 0 Å². The molecule has 0 fully saturated rings. The summed E-state index contributed by atoms with van der Waals surface area (Å²) < 4.78 is 4.85. The minimum Gasteiger partial charge on any atom is -0.383 e. The second kappa shape index (κ2) is 8.27. The van der Waals surface area contributed by atoms with Crippen molar-refractivity contribution >= 4 is 11.8 Å². The van der Waals surface area contributed by atoms with Crippen LogP contribution in [0.5, 0.6) is 0 Å². The van der Waals surface area contributed by atoms with Gasteiger partial charge in [0.05, 0.1) is 17.7 Å². The molecule has 0 aromatic carbocycles. The predicted octanol–water partition coefficient (Wildman–Crippen LogP) is 0.844. The van der Waals surface area contributed by atoms with Gasteiger partial charge in [-0.15, -0.1) is 0 Å². The van der Waals surface area contributed by atoms with Crippen molar-refractivity contribution in [2.24, 2.45) is 5.92 Å². The lowest BCUT2D eigenvalue weighted by molar-refractivity contribution is 0.0936. The number of aromatic nitrogens is 1. The van der Waals surface area contributed by atoms with Gasteiger partial charge in [-0.25, -0.2) is 0 Å². The van der Waals surface area contributed by atoms with Crippen LogP contribution >= 0.6 is 0 Å². The fourth-order valence-electron chi connectivity index (χ4n) is 1.46. The summed E-state index contributed by atoms with van der Waals surface area (Å²) in [4.78, 5) is 27.6. The van der Waals surface area contributed by atoms with Gasteiger partial charge >= 0.3 is 0 Å². The Labute approximate surface area is 118 Å². The number of rotatable bonds is 7. The highest BCUT2D eigenvalue weighted by atomic mass is 16.5. The van der Waals surface area contributed by atoms with Gasteiger partial charge < -0.3 is 15.4 Å². The van der Waals surface area contributed by atoms with E-state index in [1.165, 1.54) is 18.5 Å². The molecule has 2 amide bonds. The van der Waals surface area contributed by atoms with Gasteiger partial charge in [-0.2, -0.15) is 0 Å². The molecule has 1 aromatic rings. The van der Waals surface area contributed by atoms with E-state index < -0.39 is 0 Å². The van der Waals surface area contributed by atoms with Crippen LogP contribution in [0.4, 0.5) is 0 Å². The second-order valence-electron chi connectivity index (χ2n) is 4.81. The predicted molar refractivity (Wildman–Crippen MR) is 75.6 cm³/mol. The van der Waals surface area contributed by atoms with Gasteiger partial charge in [-0.1, -0.05) is 13.8 Å². The highest BCUT2D eigenvalue weighted by Gasteiger charge is 2.11. The molecule has 0 atom stereocenters. The molecule has 6 heteroatoms. The fraction of sp³-hybridized carbons (Fsp3) is 0.500. The number of pyridine rings is 1. The molecule has 0 aliphatic rings. The Morgan fingerprint density at radius 3 is 2.35 bits per heavy atom. The molecule has 0 bridgehead atoms. The standard InChI is InChI=1S/C14H21N3O3/c1-10(2)7-17-14(19)12-6-11(8-15-9-12)13(18)16-4-5-20-3/h6,8-10H,4-5,7H2,1-3H3,(H,16,18)(H,17,19). The Morgan fingerprint density at radius 1 is 1.20 bits per heavy atom. The average molecular weight is 279 g/mol. The Kier molecular flexibility index (Phi) is 6.66. The van der Waals surface area contributed by atoms with E-state index in [1.54, 1.807) is 7.11 Å². The summed E-state index contributed by atoms with van der Waals surface area (Å²) in [5.74, 6) is -0.127. The Morgan fingerprint density at radius 2 is 1.80 bits per heavy atom. The second-order valence-corrected chi connectivity index (χ2v) is 4.81. The normalized spacial score (nSPS) is 10.4. The lowest BCUT2D eigenvalue weighted by atomic mass is 10.1. The lowest BCUT2D eigenvalue weighted by Crippen LogP contribution is -2.29. The monoisotopic (exact) mass is 279 g/mol. The Balaban J connectivity index is 2.65. The smallest absolute Gasteiger partial charge is 0.252 e. The number of nitrogens with zero attached hydrogens (tertiary/aromatic N) is 1. The van der Waals surface area contributed by atoms with Crippen molar-refractivity contribution in [3.63, 3.8) is 0 Å². The van der Waals surface area contributed by atoms with Crippen molar-refractivity contribution in [2.75, 3.05) is 26.8 Å². The summed E-state index contributed by atoms with van der Waals surface area (Å²) in [6.45, 7) is 5.46. The zero-order valence-corrected chi connectivity index (χ0v) is 12.1. The largest absolute Gasteiger partial charge is 0.383 e. The molecule has 6 nitrogen and oxygen atoms in total. The van der Waals surface area contributed by atoms with Gasteiger partial charge in [-0.3, -0.25) is 14.6 Å². The highest BCUT2D eigenvalue weighted by molar-refractivity contribution is 5.99. The van der Waals surface area contributed by atoms with Gasteiger partial charge in [0, 0.05) is 32.6 Å². The van der Waals surface area contributed by atoms with E-state index in [2.05, 4.69) is 15.6 Å². The average Bonchev–Trinajstić information content (AvgIpc) is 2.45. The number of nitrogens with one attached hydrogen (secondary N) is 2. The van der Waals surface area contributed by atoms with Crippen LogP contribution in [0.1, 0.15) is 34.6 Å². The Hall–Kier alpha value is -1.95. The maximum Gasteiger partial charge on any atom is 0.252 e. The lowest BCUT2D eigenvalue weighted by Gasteiger charge is -2.08. The summed E-state index contributed by atoms with van der Waals surface area (Å²) in [5, 5.41) is 5.47. The number of carbonyl (C=O) groups excluding carboxylic acids is 2. The third kappa shape index (κ3) is 5.36. The molecule has 0 radical (unpaired) electrons. The van der Waals surface area contributed by atoms with Gasteiger partial charge in [0.1, 0.15) is 0 Å². The molecule has 110 valence electrons. The quantitative estimate of drug-likeness (QED) is 0.725. The molecular formula is C14H21N3O3. The molecular weight excluding hydrogens is 258 g/mol. The van der Waals surface area contributed by atoms with Gasteiger partial charge in [0.2, 0.25) is 0 Å². The minimum atomic E-state index is -0.270. The molecule has 0 saturated carbocycles. The molecule has 1 aromatic heterocycles. The van der Waals surface area contributed by atoms with Crippen LogP contribution in [0.2, 0.25) is 0 Å². The van der Waals surface area contributed by atoms with Gasteiger partial charge in [-0.05, 0) is 12.0 Å². The van der Waals surface area contributed by atoms with Crippen molar-refractivity contribution in [3.8, 4) is 0 Å². The maximum atomic E-state index is 11.9. The van der Waals surface area contributed by atoms with Crippen molar-refractivity contribution in [2.45, 2.75) is 13.8 Å². The number of hydrogen-bond acceptors (Lipinski definition) is 4. The van der Waals surface area contributed by atoms with Crippen molar-refractivity contribution in [1.29, 1.82) is 0 Å². The first-order valence-corrected chi connectivity index (χ1v) is 6.55. The van der Waals surface area contributed by atoms with Crippen LogP contribution in [0, 0.1) is 5.92 Å². The molecule has 0 saturated heterocycles. The third-order valence-electron chi connectivity index (χ3n) is 2.53. The molecule has 2 N–H and O–H groups in total. The number of carbonyl (C=O) groups is 2. The molecule has 20 heavy (non-hydrogen) atoms. The molecule has 0 aliphatic heterocycles. The van der Waals surface area contributed by atoms with Crippen LogP contribution in [-0.4, -0.2) is 43.6 Å². The fourth-order valence-corrected chi connectivity index (χ4v) is 1.46. The van der Waals surface area contributed by atoms with Gasteiger partial charge in [0.25, 0.3) is 11.8 Å². The summed E-state index contributed by atoms with van der Waals surface area (Å²) in [6, 6.07) is 1.53. The summed E-state index contributed by atoms with van der Waals surface area (Å²) >= 11 is 0. The van der Waals surface area contributed by atoms with E-state index >= 15 is 0 Å². The van der Waals surface area contributed by atoms with E-state index in [1.807, 2.05) is 13.8 Å². The van der Waals surface area contributed by atoms with Crippen molar-refractivity contribution in [3.05, 3.63) is 29.6 Å². The maximum absolute atomic E-state index is 11.9. The first-order chi connectivity index (χ1) is 9.54. The molecule has 1 rings (SSSR count). The number of hydrogen-bond donors (Lipinski definition) is 2. The zero-order valence-electron chi connectivity index (χ0n) is 12.1. The van der Waals surface area contributed by atoms with E-state index in [9.17, 15) is 9.59 Å². The first kappa shape index (κ1) is 16.1. The van der Waals surface area contributed by atoms with E-state index in [-0.39, 0.29) is 11.8 Å². The molecule has 0 unspecified atom stereocenters. The first-order valence-electron chi connectivity index (χ1n) is 6.55. The van der Waals surface area contributed by atoms with E-state index in [0.29, 0.717) is 36.7 Å². The molecule has 0 aliphatic carbocycles. The van der Waals surface area contributed by atoms with E-state index in [0.717, 1.165) is 0 Å². The minimum absolute atomic E-state index is 0.224. The summed E-state index contributed by atoms with van der Waals surface area (Å²) in [7, 11) is 1.56. The zero-order chi connectivity index (χ0) is 15.0. The molecule has 0 spiro atoms. The van der Waals surface area contributed by atoms with Crippen LogP contribution in [0.3, 0.4) is 0 Å². The summed E-state index contributed by atoms with van der Waals surface area (Å²) in [5.41, 5.74) is 0.739. The van der Waals surface area contributed by atoms with Crippen molar-refractivity contribution in [1.82, 2.24) is 15.6 Å². The third-order valence-corrected chi connectivity index (χ3v) is 2.53. The topological polar surface area (TPSA) is 80.3 Å². The number of methoxy groups -OCH3 is 1. The highest BCUT2D eigenvalue weighted by Crippen LogP contribution is 2.03. The Bertz CT molecular complexity index is 461. The van der Waals surface area contributed by atoms with E-state index in [4.69, 9.17) is 4.74 Å². The van der Waals surface area contributed by atoms with Gasteiger partial charge in [0.15, 0.2) is 0 Å². The number of amides is 2. The van der Waals surface area contributed by atoms with Crippen LogP contribution in [0.15, 0.2) is 18.5 Å². The molecule has 1 heterocycles. The van der Waals surface area contributed by atoms with Crippen LogP contribution in [-0.2, 0) is 4.74 Å². The number of ether oxygens (including phenoxy) is 1. The van der Waals surface area contributed by atoms with Crippen molar-refractivity contribution < 1.29 is 14.3 Å². The van der Waals surface area contributed by atoms with Crippen LogP contribution < -0.4 is 10.6 Å². The SMILES string of the molecule is COCCNC(=O)c1cncc(C(=O)NCC(C)C)c1. The summed E-state index contributed by atoms with van der Waals surface area (Å²) in [6.07, 6.45) is 2.88.